The van der Waals surface area contributed by atoms with Gasteiger partial charge in [-0.25, -0.2) is 9.89 Å². The minimum Gasteiger partial charge on any atom is -0.392 e. The lowest BCUT2D eigenvalue weighted by Gasteiger charge is -2.34. The molecular weight excluding hydrogens is 276 g/mol. The standard InChI is InChI=1S/C13H18N4O4/c18-10-7-9(1-4-14-10)12(19)17-5-2-8(3-6-17)11-15-16-13(20)21-11/h8-9H,1-7H2,(H,14,18)(H,16,20). The highest BCUT2D eigenvalue weighted by Gasteiger charge is 2.32. The molecule has 2 fully saturated rings. The van der Waals surface area contributed by atoms with Crippen molar-refractivity contribution in [3.05, 3.63) is 16.4 Å². The van der Waals surface area contributed by atoms with Crippen molar-refractivity contribution in [2.45, 2.75) is 31.6 Å². The molecule has 0 spiro atoms. The maximum atomic E-state index is 12.4. The largest absolute Gasteiger partial charge is 0.434 e. The maximum Gasteiger partial charge on any atom is 0.434 e. The van der Waals surface area contributed by atoms with Crippen molar-refractivity contribution in [1.29, 1.82) is 0 Å². The summed E-state index contributed by atoms with van der Waals surface area (Å²) >= 11 is 0. The van der Waals surface area contributed by atoms with Crippen LogP contribution in [0.1, 0.15) is 37.5 Å². The van der Waals surface area contributed by atoms with Gasteiger partial charge in [-0.15, -0.1) is 5.10 Å². The van der Waals surface area contributed by atoms with Crippen LogP contribution in [0.5, 0.6) is 0 Å². The molecular formula is C13H18N4O4. The van der Waals surface area contributed by atoms with Crippen LogP contribution in [0.2, 0.25) is 0 Å². The zero-order valence-electron chi connectivity index (χ0n) is 11.6. The predicted octanol–water partition coefficient (Wildman–Crippen LogP) is -0.405. The van der Waals surface area contributed by atoms with Gasteiger partial charge in [-0.05, 0) is 19.3 Å². The predicted molar refractivity (Wildman–Crippen MR) is 71.4 cm³/mol. The molecule has 0 radical (unpaired) electrons. The first kappa shape index (κ1) is 13.8. The number of aromatic amines is 1. The molecule has 2 N–H and O–H groups in total. The van der Waals surface area contributed by atoms with Crippen LogP contribution in [0, 0.1) is 5.92 Å². The summed E-state index contributed by atoms with van der Waals surface area (Å²) in [6.07, 6.45) is 2.43. The lowest BCUT2D eigenvalue weighted by Crippen LogP contribution is -2.45. The number of hydrogen-bond donors (Lipinski definition) is 2. The van der Waals surface area contributed by atoms with Crippen LogP contribution >= 0.6 is 0 Å². The summed E-state index contributed by atoms with van der Waals surface area (Å²) in [5.41, 5.74) is 0. The number of hydrogen-bond acceptors (Lipinski definition) is 5. The number of piperidine rings is 2. The zero-order valence-corrected chi connectivity index (χ0v) is 11.6. The Morgan fingerprint density at radius 2 is 2.00 bits per heavy atom. The minimum absolute atomic E-state index is 0.0483. The molecule has 0 bridgehead atoms. The average molecular weight is 294 g/mol. The van der Waals surface area contributed by atoms with E-state index in [-0.39, 0.29) is 30.1 Å². The highest BCUT2D eigenvalue weighted by Crippen LogP contribution is 2.27. The van der Waals surface area contributed by atoms with Crippen LogP contribution in [0.25, 0.3) is 0 Å². The third-order valence-corrected chi connectivity index (χ3v) is 4.21. The van der Waals surface area contributed by atoms with Gasteiger partial charge in [0.2, 0.25) is 17.7 Å². The van der Waals surface area contributed by atoms with Gasteiger partial charge in [0.15, 0.2) is 0 Å². The Kier molecular flexibility index (Phi) is 3.76. The Bertz CT molecular complexity index is 585. The van der Waals surface area contributed by atoms with E-state index in [1.165, 1.54) is 0 Å². The first-order chi connectivity index (χ1) is 10.1. The first-order valence-corrected chi connectivity index (χ1v) is 7.24. The van der Waals surface area contributed by atoms with Gasteiger partial charge >= 0.3 is 5.76 Å². The Balaban J connectivity index is 1.56. The van der Waals surface area contributed by atoms with Crippen LogP contribution in [-0.2, 0) is 9.59 Å². The van der Waals surface area contributed by atoms with Crippen molar-refractivity contribution >= 4 is 11.8 Å². The molecule has 0 aliphatic carbocycles. The van der Waals surface area contributed by atoms with Gasteiger partial charge in [0.05, 0.1) is 0 Å². The van der Waals surface area contributed by atoms with E-state index in [1.807, 2.05) is 4.90 Å². The molecule has 0 saturated carbocycles. The van der Waals surface area contributed by atoms with Gasteiger partial charge in [-0.3, -0.25) is 9.59 Å². The second-order valence-electron chi connectivity index (χ2n) is 5.59. The third kappa shape index (κ3) is 2.98. The topological polar surface area (TPSA) is 108 Å². The van der Waals surface area contributed by atoms with Crippen molar-refractivity contribution in [2.24, 2.45) is 5.92 Å². The van der Waals surface area contributed by atoms with Gasteiger partial charge in [0.1, 0.15) is 0 Å². The van der Waals surface area contributed by atoms with Crippen molar-refractivity contribution in [3.63, 3.8) is 0 Å². The normalized spacial score (nSPS) is 23.9. The van der Waals surface area contributed by atoms with E-state index < -0.39 is 5.76 Å². The summed E-state index contributed by atoms with van der Waals surface area (Å²) in [6.45, 7) is 1.79. The molecule has 114 valence electrons. The van der Waals surface area contributed by atoms with Crippen molar-refractivity contribution in [2.75, 3.05) is 19.6 Å². The van der Waals surface area contributed by atoms with Gasteiger partial charge in [-0.1, -0.05) is 0 Å². The average Bonchev–Trinajstić information content (AvgIpc) is 2.93. The summed E-state index contributed by atoms with van der Waals surface area (Å²) in [4.78, 5) is 36.5. The summed E-state index contributed by atoms with van der Waals surface area (Å²) in [7, 11) is 0. The highest BCUT2D eigenvalue weighted by atomic mass is 16.4. The van der Waals surface area contributed by atoms with Crippen molar-refractivity contribution < 1.29 is 14.0 Å². The Morgan fingerprint density at radius 3 is 2.62 bits per heavy atom. The Hall–Kier alpha value is -2.12. The monoisotopic (exact) mass is 294 g/mol. The maximum absolute atomic E-state index is 12.4. The fourth-order valence-corrected chi connectivity index (χ4v) is 3.02. The van der Waals surface area contributed by atoms with Gasteiger partial charge in [0.25, 0.3) is 0 Å². The summed E-state index contributed by atoms with van der Waals surface area (Å²) in [5.74, 6) is -0.235. The number of rotatable bonds is 2. The van der Waals surface area contributed by atoms with Crippen LogP contribution in [-0.4, -0.2) is 46.5 Å². The van der Waals surface area contributed by atoms with Crippen LogP contribution in [0.4, 0.5) is 0 Å². The molecule has 0 aromatic carbocycles. The minimum atomic E-state index is -0.545. The number of carbonyl (C=O) groups is 2. The molecule has 21 heavy (non-hydrogen) atoms. The summed E-state index contributed by atoms with van der Waals surface area (Å²) in [6, 6.07) is 0. The van der Waals surface area contributed by atoms with Crippen LogP contribution in [0.15, 0.2) is 9.21 Å². The molecule has 1 aromatic heterocycles. The second kappa shape index (κ2) is 5.71. The number of H-pyrrole nitrogens is 1. The molecule has 3 rings (SSSR count). The van der Waals surface area contributed by atoms with Crippen LogP contribution < -0.4 is 11.1 Å². The molecule has 3 heterocycles. The van der Waals surface area contributed by atoms with E-state index in [2.05, 4.69) is 15.5 Å². The van der Waals surface area contributed by atoms with Crippen molar-refractivity contribution in [1.82, 2.24) is 20.4 Å². The van der Waals surface area contributed by atoms with E-state index in [1.54, 1.807) is 0 Å². The summed E-state index contributed by atoms with van der Waals surface area (Å²) in [5, 5.41) is 8.85. The van der Waals surface area contributed by atoms with Gasteiger partial charge in [-0.2, -0.15) is 0 Å². The third-order valence-electron chi connectivity index (χ3n) is 4.21. The lowest BCUT2D eigenvalue weighted by molar-refractivity contribution is -0.141. The molecule has 2 saturated heterocycles. The summed E-state index contributed by atoms with van der Waals surface area (Å²) < 4.78 is 4.97. The number of carbonyl (C=O) groups excluding carboxylic acids is 2. The van der Waals surface area contributed by atoms with E-state index in [9.17, 15) is 14.4 Å². The molecule has 8 heteroatoms. The molecule has 1 atom stereocenters. The lowest BCUT2D eigenvalue weighted by atomic mass is 9.92. The van der Waals surface area contributed by atoms with E-state index >= 15 is 0 Å². The SMILES string of the molecule is O=C1CC(C(=O)N2CCC(c3n[nH]c(=O)o3)CC2)CCN1. The molecule has 2 aliphatic rings. The number of nitrogens with one attached hydrogen (secondary N) is 2. The molecule has 2 amide bonds. The number of aromatic nitrogens is 2. The van der Waals surface area contributed by atoms with Crippen molar-refractivity contribution in [3.8, 4) is 0 Å². The molecule has 2 aliphatic heterocycles. The fraction of sp³-hybridized carbons (Fsp3) is 0.692. The smallest absolute Gasteiger partial charge is 0.392 e. The Morgan fingerprint density at radius 1 is 1.24 bits per heavy atom. The second-order valence-corrected chi connectivity index (χ2v) is 5.59. The molecule has 8 nitrogen and oxygen atoms in total. The Labute approximate surface area is 120 Å². The molecule has 1 aromatic rings. The molecule has 1 unspecified atom stereocenters. The van der Waals surface area contributed by atoms with E-state index in [0.29, 0.717) is 31.9 Å². The van der Waals surface area contributed by atoms with Gasteiger partial charge in [0, 0.05) is 37.9 Å². The first-order valence-electron chi connectivity index (χ1n) is 7.24. The fourth-order valence-electron chi connectivity index (χ4n) is 3.02. The zero-order chi connectivity index (χ0) is 14.8. The number of nitrogens with zero attached hydrogens (tertiary/aromatic N) is 2. The quantitative estimate of drug-likeness (QED) is 0.771. The van der Waals surface area contributed by atoms with E-state index in [4.69, 9.17) is 4.42 Å². The number of amides is 2. The van der Waals surface area contributed by atoms with Gasteiger partial charge < -0.3 is 14.6 Å². The highest BCUT2D eigenvalue weighted by molar-refractivity contribution is 5.87. The van der Waals surface area contributed by atoms with Crippen LogP contribution in [0.3, 0.4) is 0 Å². The number of likely N-dealkylation sites (tertiary alicyclic amines) is 1. The van der Waals surface area contributed by atoms with E-state index in [0.717, 1.165) is 12.8 Å².